The van der Waals surface area contributed by atoms with Crippen molar-refractivity contribution in [3.63, 3.8) is 0 Å². The number of carboxylic acid groups (broad SMARTS) is 6. The monoisotopic (exact) mass is 440 g/mol. The van der Waals surface area contributed by atoms with Crippen LogP contribution in [0, 0.1) is 0 Å². The molecule has 0 aliphatic carbocycles. The van der Waals surface area contributed by atoms with Crippen molar-refractivity contribution in [3.8, 4) is 0 Å². The first-order valence-corrected chi connectivity index (χ1v) is 3.26. The molecule has 0 aromatic heterocycles. The fourth-order valence-electron chi connectivity index (χ4n) is 0. The summed E-state index contributed by atoms with van der Waals surface area (Å²) in [5.41, 5.74) is 0. The molecule has 0 aliphatic rings. The molecular weight excluding hydrogens is 437 g/mol. The van der Waals surface area contributed by atoms with Gasteiger partial charge in [0.05, 0.1) is 11.9 Å². The summed E-state index contributed by atoms with van der Waals surface area (Å²) in [7, 11) is 0. The topological polar surface area (TPSA) is 232 Å². The van der Waals surface area contributed by atoms with E-state index < -0.39 is 35.8 Å². The molecule has 0 amide bonds. The van der Waals surface area contributed by atoms with Crippen molar-refractivity contribution in [3.05, 3.63) is 0 Å². The maximum Gasteiger partial charge on any atom is 1.00 e. The van der Waals surface area contributed by atoms with E-state index in [4.69, 9.17) is 59.4 Å². The van der Waals surface area contributed by atoms with Gasteiger partial charge in [0.2, 0.25) is 0 Å². The Kier molecular flexibility index (Phi) is 56.2. The van der Waals surface area contributed by atoms with E-state index in [-0.39, 0.29) is 171 Å². The molecule has 0 fully saturated rings. The summed E-state index contributed by atoms with van der Waals surface area (Å²) in [6, 6.07) is 0. The molecule has 0 unspecified atom stereocenters. The van der Waals surface area contributed by atoms with Gasteiger partial charge in [0.1, 0.15) is 0 Å². The molecule has 0 aromatic carbocycles. The Bertz CT molecular complexity index is 290. The van der Waals surface area contributed by atoms with Gasteiger partial charge in [-0.3, -0.25) is 0 Å². The molecule has 0 radical (unpaired) electrons. The minimum Gasteiger partial charge on any atom is -0.543 e. The summed E-state index contributed by atoms with van der Waals surface area (Å²) in [5.74, 6) is -12.0. The average Bonchev–Trinajstić information content (AvgIpc) is 2.18. The molecule has 0 atom stereocenters. The molecule has 12 nitrogen and oxygen atoms in total. The van der Waals surface area contributed by atoms with Crippen molar-refractivity contribution in [2.45, 2.75) is 0 Å². The van der Waals surface area contributed by atoms with Crippen LogP contribution in [0.15, 0.2) is 0 Å². The fourth-order valence-corrected chi connectivity index (χ4v) is 0. The minimum atomic E-state index is -2.19. The van der Waals surface area contributed by atoms with Crippen LogP contribution < -0.4 is 169 Å². The van der Waals surface area contributed by atoms with Gasteiger partial charge >= 0.3 is 172 Å². The number of hydrogen-bond acceptors (Lipinski definition) is 9. The number of carbonyl (C=O) groups excluding carboxylic acids is 3. The Balaban J connectivity index is -0.0000000281. The van der Waals surface area contributed by atoms with Crippen LogP contribution >= 0.6 is 0 Å². The zero-order chi connectivity index (χ0) is 15.5. The van der Waals surface area contributed by atoms with Crippen molar-refractivity contribution < 1.29 is 231 Å². The van der Waals surface area contributed by atoms with Crippen LogP contribution in [0.2, 0.25) is 0 Å². The van der Waals surface area contributed by atoms with E-state index in [0.717, 1.165) is 0 Å². The molecule has 0 spiro atoms. The molecule has 3 N–H and O–H groups in total. The Labute approximate surface area is 260 Å². The molecule has 0 aliphatic heterocycles. The van der Waals surface area contributed by atoms with Crippen LogP contribution in [0.5, 0.6) is 0 Å². The largest absolute Gasteiger partial charge is 1.00 e. The van der Waals surface area contributed by atoms with Crippen molar-refractivity contribution in [2.24, 2.45) is 0 Å². The van der Waals surface area contributed by atoms with Crippen LogP contribution in [0.25, 0.3) is 0 Å². The maximum atomic E-state index is 9.10. The van der Waals surface area contributed by atoms with Crippen LogP contribution in [0.4, 0.5) is 0 Å². The van der Waals surface area contributed by atoms with E-state index in [1.54, 1.807) is 0 Å². The van der Waals surface area contributed by atoms with E-state index >= 15 is 0 Å². The van der Waals surface area contributed by atoms with Gasteiger partial charge in [-0.15, -0.1) is 0 Å². The van der Waals surface area contributed by atoms with E-state index in [1.807, 2.05) is 0 Å². The first-order chi connectivity index (χ1) is 7.93. The number of aliphatic carboxylic acids is 6. The average molecular weight is 440 g/mol. The van der Waals surface area contributed by atoms with E-state index in [0.29, 0.717) is 0 Å². The Morgan fingerprint density at radius 1 is 0.500 bits per heavy atom. The van der Waals surface area contributed by atoms with Gasteiger partial charge in [0.15, 0.2) is 5.97 Å². The summed E-state index contributed by atoms with van der Waals surface area (Å²) < 4.78 is 0. The quantitative estimate of drug-likeness (QED) is 0.235. The van der Waals surface area contributed by atoms with Gasteiger partial charge in [-0.25, -0.2) is 14.4 Å². The van der Waals surface area contributed by atoms with Gasteiger partial charge in [-0.05, 0) is 0 Å². The Morgan fingerprint density at radius 2 is 0.636 bits per heavy atom. The second kappa shape index (κ2) is 28.1. The first-order valence-electron chi connectivity index (χ1n) is 3.26. The number of carbonyl (C=O) groups is 6. The van der Waals surface area contributed by atoms with Gasteiger partial charge in [0.25, 0.3) is 0 Å². The molecule has 0 rings (SSSR count). The molecule has 16 heteroatoms. The summed E-state index contributed by atoms with van der Waals surface area (Å²) in [4.78, 5) is 54.1. The molecule has 0 heterocycles. The number of rotatable bonds is 0. The van der Waals surface area contributed by atoms with Crippen LogP contribution in [0.1, 0.15) is 0 Å². The molecule has 0 saturated carbocycles. The second-order valence-electron chi connectivity index (χ2n) is 1.78. The third-order valence-electron chi connectivity index (χ3n) is 0.524. The Hall–Kier alpha value is 2.25. The van der Waals surface area contributed by atoms with Gasteiger partial charge < -0.3 is 45.0 Å². The molecular formula is C6H3FeK3O12. The van der Waals surface area contributed by atoms with Gasteiger partial charge in [-0.2, -0.15) is 0 Å². The molecule has 0 bridgehead atoms. The van der Waals surface area contributed by atoms with E-state index in [1.165, 1.54) is 0 Å². The van der Waals surface area contributed by atoms with E-state index in [2.05, 4.69) is 0 Å². The fraction of sp³-hybridized carbons (Fsp3) is 0. The normalized spacial score (nSPS) is 6.00. The summed E-state index contributed by atoms with van der Waals surface area (Å²) in [5, 5.41) is 49.0. The van der Waals surface area contributed by atoms with E-state index in [9.17, 15) is 0 Å². The first kappa shape index (κ1) is 44.1. The van der Waals surface area contributed by atoms with Crippen LogP contribution in [-0.4, -0.2) is 51.1 Å². The minimum absolute atomic E-state index is 0. The zero-order valence-corrected chi connectivity index (χ0v) is 21.8. The molecule has 110 valence electrons. The predicted molar refractivity (Wildman–Crippen MR) is 37.9 cm³/mol. The van der Waals surface area contributed by atoms with Crippen molar-refractivity contribution in [1.82, 2.24) is 0 Å². The smallest absolute Gasteiger partial charge is 0.543 e. The Morgan fingerprint density at radius 3 is 0.636 bits per heavy atom. The third kappa shape index (κ3) is 49.5. The third-order valence-corrected chi connectivity index (χ3v) is 0.524. The molecule has 0 saturated heterocycles. The summed E-state index contributed by atoms with van der Waals surface area (Å²) in [6.07, 6.45) is 0. The van der Waals surface area contributed by atoms with Crippen molar-refractivity contribution in [1.29, 1.82) is 0 Å². The molecule has 22 heavy (non-hydrogen) atoms. The predicted octanol–water partition coefficient (Wildman–Crippen LogP) is -15.5. The van der Waals surface area contributed by atoms with Crippen LogP contribution in [-0.2, 0) is 45.8 Å². The second-order valence-corrected chi connectivity index (χ2v) is 1.78. The maximum absolute atomic E-state index is 9.10. The molecule has 0 aromatic rings. The SMILES string of the molecule is O=C(O)C(=O)O.O=C([O-])C(=O)O.O=C([O-])C(=O)[O-].[Fe].[K+].[K+].[K+]. The summed E-state index contributed by atoms with van der Waals surface area (Å²) in [6.45, 7) is 0. The van der Waals surface area contributed by atoms with Gasteiger partial charge in [0, 0.05) is 17.1 Å². The standard InChI is InChI=1S/3C2H2O4.Fe.3K/c3*3-1(4)2(5)6;;;;/h3*(H,3,4)(H,5,6);;;;/q;;;;3*+1/p-3. The van der Waals surface area contributed by atoms with Crippen LogP contribution in [0.3, 0.4) is 0 Å². The number of hydrogen-bond donors (Lipinski definition) is 3. The zero-order valence-electron chi connectivity index (χ0n) is 11.4. The van der Waals surface area contributed by atoms with Crippen molar-refractivity contribution in [2.75, 3.05) is 0 Å². The van der Waals surface area contributed by atoms with Gasteiger partial charge in [-0.1, -0.05) is 0 Å². The van der Waals surface area contributed by atoms with Crippen molar-refractivity contribution >= 4 is 35.8 Å². The number of carboxylic acids is 6. The summed E-state index contributed by atoms with van der Waals surface area (Å²) >= 11 is 0.